The number of thiophene rings is 1. The van der Waals surface area contributed by atoms with Gasteiger partial charge in [-0.05, 0) is 50.6 Å². The molecule has 0 saturated carbocycles. The van der Waals surface area contributed by atoms with E-state index in [0.717, 1.165) is 51.8 Å². The van der Waals surface area contributed by atoms with Gasteiger partial charge >= 0.3 is 0 Å². The number of rotatable bonds is 6. The summed E-state index contributed by atoms with van der Waals surface area (Å²) in [6.07, 6.45) is 1.79. The predicted octanol–water partition coefficient (Wildman–Crippen LogP) is 5.02. The Kier molecular flexibility index (Phi) is 6.37. The molecule has 1 fully saturated rings. The molecule has 3 aromatic rings. The Balaban J connectivity index is 1.48. The molecule has 0 bridgehead atoms. The molecule has 158 valence electrons. The first kappa shape index (κ1) is 21.2. The third-order valence-electron chi connectivity index (χ3n) is 5.15. The zero-order valence-electron chi connectivity index (χ0n) is 16.7. The number of fused-ring (bicyclic) bond motifs is 1. The molecule has 0 aliphatic carbocycles. The van der Waals surface area contributed by atoms with E-state index >= 15 is 0 Å². The average molecular weight is 463 g/mol. The Bertz CT molecular complexity index is 1040. The summed E-state index contributed by atoms with van der Waals surface area (Å²) in [6, 6.07) is 9.75. The number of aromatic nitrogens is 1. The fourth-order valence-electron chi connectivity index (χ4n) is 3.47. The van der Waals surface area contributed by atoms with E-state index in [-0.39, 0.29) is 17.6 Å². The number of thiazole rings is 1. The van der Waals surface area contributed by atoms with Crippen molar-refractivity contribution in [2.45, 2.75) is 47.3 Å². The third kappa shape index (κ3) is 4.66. The fraction of sp³-hybridized carbons (Fsp3) is 0.400. The zero-order valence-corrected chi connectivity index (χ0v) is 19.1. The molecule has 1 aliphatic heterocycles. The molecule has 0 radical (unpaired) electrons. The number of likely N-dealkylation sites (tertiary alicyclic amines) is 1. The molecule has 2 aromatic heterocycles. The molecular weight excluding hydrogens is 440 g/mol. The number of carbonyl (C=O) groups is 1. The van der Waals surface area contributed by atoms with Gasteiger partial charge in [0.05, 0.1) is 15.1 Å². The number of piperidine rings is 1. The van der Waals surface area contributed by atoms with Gasteiger partial charge in [0.25, 0.3) is 11.6 Å². The first-order valence-corrected chi connectivity index (χ1v) is 12.2. The molecule has 1 amide bonds. The van der Waals surface area contributed by atoms with Crippen LogP contribution in [0.2, 0.25) is 0 Å². The van der Waals surface area contributed by atoms with Crippen molar-refractivity contribution in [3.8, 4) is 0 Å². The summed E-state index contributed by atoms with van der Waals surface area (Å²) in [5.74, 6) is -0.234. The lowest BCUT2D eigenvalue weighted by Gasteiger charge is -2.34. The minimum Gasteiger partial charge on any atom is -0.349 e. The zero-order chi connectivity index (χ0) is 21.3. The van der Waals surface area contributed by atoms with E-state index in [2.05, 4.69) is 29.0 Å². The van der Waals surface area contributed by atoms with Crippen LogP contribution in [0.1, 0.15) is 36.4 Å². The summed E-state index contributed by atoms with van der Waals surface area (Å²) in [7, 11) is 0. The molecule has 30 heavy (non-hydrogen) atoms. The number of hydrogen-bond acceptors (Lipinski definition) is 8. The molecule has 10 heteroatoms. The van der Waals surface area contributed by atoms with Crippen molar-refractivity contribution in [3.63, 3.8) is 0 Å². The second-order valence-electron chi connectivity index (χ2n) is 7.47. The molecule has 1 aromatic carbocycles. The highest BCUT2D eigenvalue weighted by Gasteiger charge is 2.27. The van der Waals surface area contributed by atoms with E-state index in [1.54, 1.807) is 0 Å². The topological polar surface area (TPSA) is 88.4 Å². The molecule has 1 aliphatic rings. The molecule has 4 rings (SSSR count). The van der Waals surface area contributed by atoms with Gasteiger partial charge in [0.2, 0.25) is 0 Å². The molecule has 7 nitrogen and oxygen atoms in total. The molecule has 0 unspecified atom stereocenters. The van der Waals surface area contributed by atoms with Crippen LogP contribution in [0.5, 0.6) is 0 Å². The maximum atomic E-state index is 12.8. The number of hydrogen-bond donors (Lipinski definition) is 1. The number of nitrogens with zero attached hydrogens (tertiary/aromatic N) is 3. The molecule has 1 N–H and O–H groups in total. The highest BCUT2D eigenvalue weighted by molar-refractivity contribution is 8.03. The Morgan fingerprint density at radius 1 is 1.30 bits per heavy atom. The van der Waals surface area contributed by atoms with Crippen LogP contribution in [-0.4, -0.2) is 45.9 Å². The van der Waals surface area contributed by atoms with E-state index in [0.29, 0.717) is 15.1 Å². The van der Waals surface area contributed by atoms with Crippen molar-refractivity contribution in [2.24, 2.45) is 0 Å². The summed E-state index contributed by atoms with van der Waals surface area (Å²) in [5.41, 5.74) is 0.832. The van der Waals surface area contributed by atoms with Crippen molar-refractivity contribution in [1.82, 2.24) is 15.2 Å². The first-order chi connectivity index (χ1) is 14.4. The van der Waals surface area contributed by atoms with Crippen molar-refractivity contribution >= 4 is 56.2 Å². The summed E-state index contributed by atoms with van der Waals surface area (Å²) in [4.78, 5) is 31.2. The van der Waals surface area contributed by atoms with Gasteiger partial charge in [-0.1, -0.05) is 12.1 Å². The highest BCUT2D eigenvalue weighted by atomic mass is 32.2. The molecule has 3 heterocycles. The highest BCUT2D eigenvalue weighted by Crippen LogP contribution is 2.43. The normalized spacial score (nSPS) is 15.7. The van der Waals surface area contributed by atoms with Gasteiger partial charge in [0.1, 0.15) is 9.09 Å². The largest absolute Gasteiger partial charge is 0.349 e. The van der Waals surface area contributed by atoms with Gasteiger partial charge in [-0.3, -0.25) is 14.9 Å². The van der Waals surface area contributed by atoms with Crippen molar-refractivity contribution in [1.29, 1.82) is 0 Å². The molecule has 1 saturated heterocycles. The van der Waals surface area contributed by atoms with Crippen molar-refractivity contribution < 1.29 is 9.72 Å². The Morgan fingerprint density at radius 3 is 2.70 bits per heavy atom. The van der Waals surface area contributed by atoms with Gasteiger partial charge in [0.15, 0.2) is 4.34 Å². The van der Waals surface area contributed by atoms with E-state index in [9.17, 15) is 14.9 Å². The third-order valence-corrected chi connectivity index (χ3v) is 8.56. The Hall–Kier alpha value is -2.01. The van der Waals surface area contributed by atoms with Gasteiger partial charge in [-0.2, -0.15) is 0 Å². The van der Waals surface area contributed by atoms with Crippen LogP contribution in [0.25, 0.3) is 10.2 Å². The number of nitrogens with one attached hydrogen (secondary N) is 1. The number of carbonyl (C=O) groups excluding carboxylic acids is 1. The SMILES string of the molecule is CC(C)N1CCC(NC(=O)c2cc([N+](=O)[O-])c(Sc3nc4ccccc4s3)s2)CC1. The lowest BCUT2D eigenvalue weighted by atomic mass is 10.0. The van der Waals surface area contributed by atoms with E-state index in [1.807, 2.05) is 24.3 Å². The van der Waals surface area contributed by atoms with Crippen molar-refractivity contribution in [2.75, 3.05) is 13.1 Å². The van der Waals surface area contributed by atoms with E-state index in [4.69, 9.17) is 0 Å². The minimum atomic E-state index is -0.427. The Labute approximate surface area is 186 Å². The monoisotopic (exact) mass is 462 g/mol. The number of nitro groups is 1. The van der Waals surface area contributed by atoms with Gasteiger partial charge in [0, 0.05) is 31.2 Å². The van der Waals surface area contributed by atoms with Crippen molar-refractivity contribution in [3.05, 3.63) is 45.3 Å². The molecular formula is C20H22N4O3S3. The predicted molar refractivity (Wildman–Crippen MR) is 122 cm³/mol. The van der Waals surface area contributed by atoms with Crippen LogP contribution in [0.3, 0.4) is 0 Å². The summed E-state index contributed by atoms with van der Waals surface area (Å²) >= 11 is 3.91. The maximum Gasteiger partial charge on any atom is 0.294 e. The second kappa shape index (κ2) is 9.01. The van der Waals surface area contributed by atoms with Crippen LogP contribution in [0.15, 0.2) is 38.9 Å². The van der Waals surface area contributed by atoms with Crippen LogP contribution >= 0.6 is 34.4 Å². The van der Waals surface area contributed by atoms with Crippen LogP contribution < -0.4 is 5.32 Å². The summed E-state index contributed by atoms with van der Waals surface area (Å²) in [5, 5.41) is 14.6. The lowest BCUT2D eigenvalue weighted by Crippen LogP contribution is -2.46. The number of para-hydroxylation sites is 1. The lowest BCUT2D eigenvalue weighted by molar-refractivity contribution is -0.387. The average Bonchev–Trinajstić information content (AvgIpc) is 3.32. The molecule has 0 spiro atoms. The first-order valence-electron chi connectivity index (χ1n) is 9.77. The summed E-state index contributed by atoms with van der Waals surface area (Å²) in [6.45, 7) is 6.25. The number of amides is 1. The molecule has 0 atom stereocenters. The van der Waals surface area contributed by atoms with Crippen LogP contribution in [-0.2, 0) is 0 Å². The van der Waals surface area contributed by atoms with E-state index < -0.39 is 4.92 Å². The standard InChI is InChI=1S/C20H22N4O3S3/c1-12(2)23-9-7-13(8-10-23)21-18(25)17-11-15(24(26)27)19(28-17)30-20-22-14-5-3-4-6-16(14)29-20/h3-6,11-13H,7-10H2,1-2H3,(H,21,25). The number of benzene rings is 1. The van der Waals surface area contributed by atoms with Gasteiger partial charge < -0.3 is 10.2 Å². The van der Waals surface area contributed by atoms with Gasteiger partial charge in [-0.15, -0.1) is 22.7 Å². The second-order valence-corrected chi connectivity index (χ2v) is 11.1. The maximum absolute atomic E-state index is 12.8. The fourth-order valence-corrected chi connectivity index (χ4v) is 6.98. The Morgan fingerprint density at radius 2 is 2.03 bits per heavy atom. The van der Waals surface area contributed by atoms with Gasteiger partial charge in [-0.25, -0.2) is 4.98 Å². The van der Waals surface area contributed by atoms with E-state index in [1.165, 1.54) is 29.2 Å². The quantitative estimate of drug-likeness (QED) is 0.409. The van der Waals surface area contributed by atoms with Crippen LogP contribution in [0, 0.1) is 10.1 Å². The van der Waals surface area contributed by atoms with Crippen LogP contribution in [0.4, 0.5) is 5.69 Å². The minimum absolute atomic E-state index is 0.0379. The summed E-state index contributed by atoms with van der Waals surface area (Å²) < 4.78 is 2.25. The smallest absolute Gasteiger partial charge is 0.294 e.